The lowest BCUT2D eigenvalue weighted by molar-refractivity contribution is 0.0239. The lowest BCUT2D eigenvalue weighted by Crippen LogP contribution is -2.36. The van der Waals surface area contributed by atoms with E-state index in [0.717, 1.165) is 19.4 Å². The highest BCUT2D eigenvalue weighted by Crippen LogP contribution is 2.12. The third-order valence-electron chi connectivity index (χ3n) is 2.46. The van der Waals surface area contributed by atoms with E-state index in [0.29, 0.717) is 11.6 Å². The van der Waals surface area contributed by atoms with Gasteiger partial charge >= 0.3 is 5.97 Å². The summed E-state index contributed by atoms with van der Waals surface area (Å²) < 4.78 is 5.31. The number of pyridine rings is 1. The van der Waals surface area contributed by atoms with Crippen molar-refractivity contribution in [2.24, 2.45) is 0 Å². The van der Waals surface area contributed by atoms with Crippen LogP contribution in [0.15, 0.2) is 18.3 Å². The molecule has 1 aliphatic heterocycles. The summed E-state index contributed by atoms with van der Waals surface area (Å²) in [5, 5.41) is 3.67. The van der Waals surface area contributed by atoms with Crippen LogP contribution in [0.2, 0.25) is 5.02 Å². The smallest absolute Gasteiger partial charge is 0.357 e. The maximum atomic E-state index is 11.7. The Balaban J connectivity index is 1.97. The Morgan fingerprint density at radius 3 is 3.19 bits per heavy atom. The average Bonchev–Trinajstić information content (AvgIpc) is 2.30. The number of halogens is 1. The molecule has 0 radical (unpaired) electrons. The number of esters is 1. The molecule has 0 aromatic carbocycles. The van der Waals surface area contributed by atoms with Crippen LogP contribution in [0, 0.1) is 0 Å². The number of rotatable bonds is 2. The van der Waals surface area contributed by atoms with E-state index in [2.05, 4.69) is 10.3 Å². The second kappa shape index (κ2) is 5.27. The molecule has 1 aliphatic rings. The predicted molar refractivity (Wildman–Crippen MR) is 60.6 cm³/mol. The van der Waals surface area contributed by atoms with Gasteiger partial charge in [-0.1, -0.05) is 11.6 Å². The number of aromatic nitrogens is 1. The van der Waals surface area contributed by atoms with Crippen LogP contribution in [0.3, 0.4) is 0 Å². The maximum Gasteiger partial charge on any atom is 0.357 e. The number of carbonyl (C=O) groups excluding carboxylic acids is 1. The Kier molecular flexibility index (Phi) is 3.74. The molecule has 1 saturated heterocycles. The fraction of sp³-hybridized carbons (Fsp3) is 0.455. The first kappa shape index (κ1) is 11.4. The van der Waals surface area contributed by atoms with E-state index in [4.69, 9.17) is 16.3 Å². The standard InChI is InChI=1S/C11H13ClN2O2/c12-8-3-5-14-10(6-8)11(15)16-9-2-1-4-13-7-9/h3,5-6,9,13H,1-2,4,7H2/t9-/m1/s1. The quantitative estimate of drug-likeness (QED) is 0.799. The number of hydrogen-bond acceptors (Lipinski definition) is 4. The molecule has 0 aliphatic carbocycles. The Hall–Kier alpha value is -1.13. The summed E-state index contributed by atoms with van der Waals surface area (Å²) in [6.45, 7) is 1.70. The second-order valence-electron chi connectivity index (χ2n) is 3.73. The van der Waals surface area contributed by atoms with Crippen molar-refractivity contribution in [3.8, 4) is 0 Å². The summed E-state index contributed by atoms with van der Waals surface area (Å²) in [5.41, 5.74) is 0.262. The van der Waals surface area contributed by atoms with Crippen LogP contribution < -0.4 is 5.32 Å². The SMILES string of the molecule is O=C(O[C@@H]1CCCNC1)c1cc(Cl)ccn1. The highest BCUT2D eigenvalue weighted by atomic mass is 35.5. The van der Waals surface area contributed by atoms with Crippen molar-refractivity contribution < 1.29 is 9.53 Å². The van der Waals surface area contributed by atoms with Gasteiger partial charge in [0.05, 0.1) is 0 Å². The van der Waals surface area contributed by atoms with Crippen LogP contribution in [0.5, 0.6) is 0 Å². The summed E-state index contributed by atoms with van der Waals surface area (Å²) in [4.78, 5) is 15.6. The van der Waals surface area contributed by atoms with E-state index in [-0.39, 0.29) is 11.8 Å². The predicted octanol–water partition coefficient (Wildman–Crippen LogP) is 1.64. The molecule has 86 valence electrons. The molecule has 16 heavy (non-hydrogen) atoms. The molecule has 1 aromatic heterocycles. The Labute approximate surface area is 99.0 Å². The van der Waals surface area contributed by atoms with E-state index < -0.39 is 5.97 Å². The normalized spacial score (nSPS) is 20.4. The van der Waals surface area contributed by atoms with Crippen molar-refractivity contribution in [3.05, 3.63) is 29.0 Å². The van der Waals surface area contributed by atoms with Gasteiger partial charge in [-0.05, 0) is 31.5 Å². The van der Waals surface area contributed by atoms with Gasteiger partial charge in [0.1, 0.15) is 11.8 Å². The first-order valence-electron chi connectivity index (χ1n) is 5.29. The monoisotopic (exact) mass is 240 g/mol. The van der Waals surface area contributed by atoms with E-state index in [1.54, 1.807) is 6.07 Å². The lowest BCUT2D eigenvalue weighted by Gasteiger charge is -2.22. The van der Waals surface area contributed by atoms with Gasteiger partial charge in [-0.3, -0.25) is 0 Å². The van der Waals surface area contributed by atoms with E-state index in [1.807, 2.05) is 0 Å². The fourth-order valence-corrected chi connectivity index (χ4v) is 1.81. The van der Waals surface area contributed by atoms with Crippen LogP contribution in [-0.2, 0) is 4.74 Å². The number of hydrogen-bond donors (Lipinski definition) is 1. The molecule has 2 rings (SSSR count). The molecule has 1 atom stereocenters. The van der Waals surface area contributed by atoms with Gasteiger partial charge < -0.3 is 10.1 Å². The van der Waals surface area contributed by atoms with Gasteiger partial charge in [-0.25, -0.2) is 9.78 Å². The summed E-state index contributed by atoms with van der Waals surface area (Å²) in [7, 11) is 0. The van der Waals surface area contributed by atoms with Crippen LogP contribution in [-0.4, -0.2) is 30.1 Å². The minimum absolute atomic E-state index is 0.0537. The van der Waals surface area contributed by atoms with Crippen LogP contribution in [0.1, 0.15) is 23.3 Å². The highest BCUT2D eigenvalue weighted by Gasteiger charge is 2.19. The number of nitrogens with one attached hydrogen (secondary N) is 1. The topological polar surface area (TPSA) is 51.2 Å². The van der Waals surface area contributed by atoms with Gasteiger partial charge in [0.15, 0.2) is 0 Å². The minimum atomic E-state index is -0.406. The molecule has 1 fully saturated rings. The molecule has 0 spiro atoms. The number of ether oxygens (including phenoxy) is 1. The van der Waals surface area contributed by atoms with Gasteiger partial charge in [0.25, 0.3) is 0 Å². The zero-order chi connectivity index (χ0) is 11.4. The molecule has 0 unspecified atom stereocenters. The van der Waals surface area contributed by atoms with Crippen LogP contribution in [0.4, 0.5) is 0 Å². The maximum absolute atomic E-state index is 11.7. The third-order valence-corrected chi connectivity index (χ3v) is 2.69. The van der Waals surface area contributed by atoms with Gasteiger partial charge in [0, 0.05) is 17.8 Å². The van der Waals surface area contributed by atoms with Crippen molar-refractivity contribution in [1.29, 1.82) is 0 Å². The largest absolute Gasteiger partial charge is 0.456 e. The summed E-state index contributed by atoms with van der Waals surface area (Å²) >= 11 is 5.77. The van der Waals surface area contributed by atoms with Crippen molar-refractivity contribution in [3.63, 3.8) is 0 Å². The van der Waals surface area contributed by atoms with Crippen molar-refractivity contribution in [2.45, 2.75) is 18.9 Å². The van der Waals surface area contributed by atoms with Crippen molar-refractivity contribution in [1.82, 2.24) is 10.3 Å². The molecular weight excluding hydrogens is 228 g/mol. The summed E-state index contributed by atoms with van der Waals surface area (Å²) in [6, 6.07) is 3.14. The Morgan fingerprint density at radius 2 is 2.50 bits per heavy atom. The minimum Gasteiger partial charge on any atom is -0.456 e. The Morgan fingerprint density at radius 1 is 1.62 bits per heavy atom. The molecule has 2 heterocycles. The highest BCUT2D eigenvalue weighted by molar-refractivity contribution is 6.30. The van der Waals surface area contributed by atoms with Crippen LogP contribution in [0.25, 0.3) is 0 Å². The molecule has 0 bridgehead atoms. The molecule has 1 aromatic rings. The number of nitrogens with zero attached hydrogens (tertiary/aromatic N) is 1. The molecule has 4 nitrogen and oxygen atoms in total. The van der Waals surface area contributed by atoms with Crippen LogP contribution >= 0.6 is 11.6 Å². The number of piperidine rings is 1. The zero-order valence-corrected chi connectivity index (χ0v) is 9.54. The molecular formula is C11H13ClN2O2. The second-order valence-corrected chi connectivity index (χ2v) is 4.17. The summed E-state index contributed by atoms with van der Waals surface area (Å²) in [5.74, 6) is -0.406. The molecule has 1 N–H and O–H groups in total. The lowest BCUT2D eigenvalue weighted by atomic mass is 10.1. The Bertz CT molecular complexity index is 378. The average molecular weight is 241 g/mol. The van der Waals surface area contributed by atoms with E-state index in [9.17, 15) is 4.79 Å². The van der Waals surface area contributed by atoms with Crippen molar-refractivity contribution >= 4 is 17.6 Å². The first-order valence-corrected chi connectivity index (χ1v) is 5.67. The third kappa shape index (κ3) is 2.93. The summed E-state index contributed by atoms with van der Waals surface area (Å²) in [6.07, 6.45) is 3.38. The van der Waals surface area contributed by atoms with Gasteiger partial charge in [-0.2, -0.15) is 0 Å². The molecule has 0 amide bonds. The van der Waals surface area contributed by atoms with E-state index >= 15 is 0 Å². The molecule has 0 saturated carbocycles. The first-order chi connectivity index (χ1) is 7.75. The van der Waals surface area contributed by atoms with Gasteiger partial charge in [-0.15, -0.1) is 0 Å². The fourth-order valence-electron chi connectivity index (χ4n) is 1.65. The zero-order valence-electron chi connectivity index (χ0n) is 8.78. The van der Waals surface area contributed by atoms with Crippen molar-refractivity contribution in [2.75, 3.05) is 13.1 Å². The molecule has 5 heteroatoms. The van der Waals surface area contributed by atoms with Gasteiger partial charge in [0.2, 0.25) is 0 Å². The number of carbonyl (C=O) groups is 1. The van der Waals surface area contributed by atoms with E-state index in [1.165, 1.54) is 12.3 Å².